The number of hydrogen-bond acceptors (Lipinski definition) is 6. The summed E-state index contributed by atoms with van der Waals surface area (Å²) in [6, 6.07) is 12.1. The number of aromatic nitrogens is 1. The second-order valence-corrected chi connectivity index (χ2v) is 7.21. The topological polar surface area (TPSA) is 83.7 Å². The van der Waals surface area contributed by atoms with Crippen molar-refractivity contribution in [2.24, 2.45) is 0 Å². The van der Waals surface area contributed by atoms with E-state index in [-0.39, 0.29) is 11.9 Å². The summed E-state index contributed by atoms with van der Waals surface area (Å²) in [4.78, 5) is 21.4. The van der Waals surface area contributed by atoms with E-state index < -0.39 is 0 Å². The fourth-order valence-electron chi connectivity index (χ4n) is 3.18. The number of nitriles is 1. The molecule has 7 nitrogen and oxygen atoms in total. The number of amides is 1. The summed E-state index contributed by atoms with van der Waals surface area (Å²) in [6.45, 7) is 5.11. The van der Waals surface area contributed by atoms with Crippen molar-refractivity contribution in [3.63, 3.8) is 0 Å². The van der Waals surface area contributed by atoms with Crippen LogP contribution in [0, 0.1) is 11.3 Å². The first kappa shape index (κ1) is 20.2. The van der Waals surface area contributed by atoms with Crippen molar-refractivity contribution in [2.75, 3.05) is 37.6 Å². The van der Waals surface area contributed by atoms with E-state index in [1.165, 1.54) is 11.3 Å². The zero-order chi connectivity index (χ0) is 20.1. The quantitative estimate of drug-likeness (QED) is 0.832. The van der Waals surface area contributed by atoms with E-state index in [4.69, 9.17) is 16.9 Å². The fraction of sp³-hybridized carbons (Fsp3) is 0.350. The summed E-state index contributed by atoms with van der Waals surface area (Å²) in [5.74, 6) is 0.332. The number of nitrogens with zero attached hydrogens (tertiary/aromatic N) is 5. The Morgan fingerprint density at radius 3 is 2.50 bits per heavy atom. The molecule has 146 valence electrons. The van der Waals surface area contributed by atoms with Crippen LogP contribution in [-0.2, 0) is 0 Å². The van der Waals surface area contributed by atoms with Crippen molar-refractivity contribution in [1.29, 1.82) is 5.26 Å². The van der Waals surface area contributed by atoms with Gasteiger partial charge in [-0.25, -0.2) is 4.98 Å². The van der Waals surface area contributed by atoms with Gasteiger partial charge in [0, 0.05) is 50.5 Å². The molecule has 0 saturated carbocycles. The Bertz CT molecular complexity index is 842. The predicted octanol–water partition coefficient (Wildman–Crippen LogP) is 2.65. The van der Waals surface area contributed by atoms with E-state index in [1.54, 1.807) is 41.3 Å². The van der Waals surface area contributed by atoms with Crippen LogP contribution in [0.5, 0.6) is 0 Å². The molecule has 2 aromatic rings. The first-order valence-corrected chi connectivity index (χ1v) is 9.47. The molecule has 0 spiro atoms. The standard InChI is InChI=1S/C20H22ClN5O2/c1-15(24-8-10-25(28)11-9-24)14-26(19-7-6-18(21)13-23-19)20(27)17-4-2-16(12-22)3-5-17/h2-7,13,15,28H,8-11,14H2,1H3/t15-/m1/s1. The molecule has 1 N–H and O–H groups in total. The summed E-state index contributed by atoms with van der Waals surface area (Å²) < 4.78 is 0. The Hall–Kier alpha value is -2.50. The van der Waals surface area contributed by atoms with E-state index in [2.05, 4.69) is 22.9 Å². The lowest BCUT2D eigenvalue weighted by atomic mass is 10.1. The van der Waals surface area contributed by atoms with Crippen LogP contribution in [0.25, 0.3) is 0 Å². The minimum absolute atomic E-state index is 0.0773. The van der Waals surface area contributed by atoms with Gasteiger partial charge in [0.05, 0.1) is 16.7 Å². The highest BCUT2D eigenvalue weighted by Gasteiger charge is 2.26. The van der Waals surface area contributed by atoms with Crippen LogP contribution in [0.3, 0.4) is 0 Å². The van der Waals surface area contributed by atoms with Crippen LogP contribution < -0.4 is 4.90 Å². The number of halogens is 1. The van der Waals surface area contributed by atoms with Gasteiger partial charge in [-0.05, 0) is 43.3 Å². The van der Waals surface area contributed by atoms with Crippen molar-refractivity contribution in [3.05, 3.63) is 58.7 Å². The van der Waals surface area contributed by atoms with Gasteiger partial charge in [-0.3, -0.25) is 14.6 Å². The van der Waals surface area contributed by atoms with E-state index in [0.29, 0.717) is 41.6 Å². The Morgan fingerprint density at radius 1 is 1.25 bits per heavy atom. The van der Waals surface area contributed by atoms with Gasteiger partial charge in [-0.1, -0.05) is 11.6 Å². The zero-order valence-electron chi connectivity index (χ0n) is 15.6. The molecular weight excluding hydrogens is 378 g/mol. The lowest BCUT2D eigenvalue weighted by molar-refractivity contribution is -0.120. The van der Waals surface area contributed by atoms with Crippen LogP contribution >= 0.6 is 11.6 Å². The second kappa shape index (κ2) is 9.13. The summed E-state index contributed by atoms with van der Waals surface area (Å²) in [5.41, 5.74) is 0.992. The van der Waals surface area contributed by atoms with Gasteiger partial charge in [-0.15, -0.1) is 0 Å². The lowest BCUT2D eigenvalue weighted by Crippen LogP contribution is -2.52. The molecule has 1 saturated heterocycles. The number of rotatable bonds is 5. The molecule has 1 aromatic carbocycles. The molecule has 0 aliphatic carbocycles. The minimum atomic E-state index is -0.188. The third kappa shape index (κ3) is 4.86. The normalized spacial score (nSPS) is 16.4. The first-order chi connectivity index (χ1) is 13.5. The molecule has 3 rings (SSSR count). The van der Waals surface area contributed by atoms with Crippen LogP contribution in [0.1, 0.15) is 22.8 Å². The molecule has 8 heteroatoms. The van der Waals surface area contributed by atoms with E-state index in [0.717, 1.165) is 13.1 Å². The smallest absolute Gasteiger partial charge is 0.259 e. The Balaban J connectivity index is 1.83. The van der Waals surface area contributed by atoms with Crippen molar-refractivity contribution < 1.29 is 10.0 Å². The Morgan fingerprint density at radius 2 is 1.93 bits per heavy atom. The van der Waals surface area contributed by atoms with Gasteiger partial charge < -0.3 is 5.21 Å². The number of carbonyl (C=O) groups is 1. The van der Waals surface area contributed by atoms with Gasteiger partial charge in [0.15, 0.2) is 0 Å². The summed E-state index contributed by atoms with van der Waals surface area (Å²) in [6.07, 6.45) is 1.52. The highest BCUT2D eigenvalue weighted by atomic mass is 35.5. The molecule has 1 aliphatic rings. The Labute approximate surface area is 169 Å². The Kier molecular flexibility index (Phi) is 6.60. The first-order valence-electron chi connectivity index (χ1n) is 9.09. The van der Waals surface area contributed by atoms with Gasteiger partial charge in [0.2, 0.25) is 0 Å². The molecule has 0 unspecified atom stereocenters. The molecule has 28 heavy (non-hydrogen) atoms. The number of anilines is 1. The van der Waals surface area contributed by atoms with Gasteiger partial charge in [0.1, 0.15) is 5.82 Å². The van der Waals surface area contributed by atoms with Crippen LogP contribution in [0.15, 0.2) is 42.6 Å². The molecule has 1 amide bonds. The number of carbonyl (C=O) groups excluding carboxylic acids is 1. The number of piperazine rings is 1. The molecule has 0 bridgehead atoms. The van der Waals surface area contributed by atoms with Gasteiger partial charge >= 0.3 is 0 Å². The van der Waals surface area contributed by atoms with Crippen molar-refractivity contribution in [3.8, 4) is 6.07 Å². The van der Waals surface area contributed by atoms with Crippen molar-refractivity contribution in [2.45, 2.75) is 13.0 Å². The maximum absolute atomic E-state index is 13.2. The zero-order valence-corrected chi connectivity index (χ0v) is 16.4. The monoisotopic (exact) mass is 399 g/mol. The number of pyridine rings is 1. The highest BCUT2D eigenvalue weighted by Crippen LogP contribution is 2.19. The van der Waals surface area contributed by atoms with Crippen LogP contribution in [0.4, 0.5) is 5.82 Å². The molecule has 0 radical (unpaired) electrons. The third-order valence-electron chi connectivity index (χ3n) is 4.86. The average Bonchev–Trinajstić information content (AvgIpc) is 2.72. The maximum Gasteiger partial charge on any atom is 0.259 e. The summed E-state index contributed by atoms with van der Waals surface area (Å²) in [5, 5.41) is 20.3. The molecule has 1 aliphatic heterocycles. The third-order valence-corrected chi connectivity index (χ3v) is 5.08. The minimum Gasteiger partial charge on any atom is -0.314 e. The summed E-state index contributed by atoms with van der Waals surface area (Å²) in [7, 11) is 0. The molecular formula is C20H22ClN5O2. The van der Waals surface area contributed by atoms with Crippen LogP contribution in [0.2, 0.25) is 5.02 Å². The lowest BCUT2D eigenvalue weighted by Gasteiger charge is -2.37. The number of hydrogen-bond donors (Lipinski definition) is 1. The van der Waals surface area contributed by atoms with E-state index in [9.17, 15) is 10.0 Å². The average molecular weight is 400 g/mol. The molecule has 1 aromatic heterocycles. The van der Waals surface area contributed by atoms with E-state index in [1.807, 2.05) is 0 Å². The second-order valence-electron chi connectivity index (χ2n) is 6.78. The van der Waals surface area contributed by atoms with Gasteiger partial charge in [0.25, 0.3) is 5.91 Å². The predicted molar refractivity (Wildman–Crippen MR) is 106 cm³/mol. The molecule has 2 heterocycles. The number of benzene rings is 1. The van der Waals surface area contributed by atoms with Gasteiger partial charge in [-0.2, -0.15) is 10.3 Å². The van der Waals surface area contributed by atoms with Crippen LogP contribution in [-0.4, -0.2) is 64.8 Å². The maximum atomic E-state index is 13.2. The summed E-state index contributed by atoms with van der Waals surface area (Å²) >= 11 is 5.95. The fourth-order valence-corrected chi connectivity index (χ4v) is 3.29. The SMILES string of the molecule is C[C@H](CN(C(=O)c1ccc(C#N)cc1)c1ccc(Cl)cn1)N1CCN(O)CC1. The highest BCUT2D eigenvalue weighted by molar-refractivity contribution is 6.30. The molecule has 1 atom stereocenters. The molecule has 1 fully saturated rings. The van der Waals surface area contributed by atoms with Crippen molar-refractivity contribution >= 4 is 23.3 Å². The number of hydroxylamine groups is 2. The van der Waals surface area contributed by atoms with Crippen molar-refractivity contribution in [1.82, 2.24) is 14.9 Å². The van der Waals surface area contributed by atoms with E-state index >= 15 is 0 Å². The largest absolute Gasteiger partial charge is 0.314 e.